The van der Waals surface area contributed by atoms with Crippen LogP contribution in [0.15, 0.2) is 0 Å². The Morgan fingerprint density at radius 1 is 1.28 bits per heavy atom. The van der Waals surface area contributed by atoms with E-state index < -0.39 is 5.97 Å². The van der Waals surface area contributed by atoms with Crippen molar-refractivity contribution >= 4 is 11.9 Å². The van der Waals surface area contributed by atoms with E-state index in [1.165, 1.54) is 25.7 Å². The van der Waals surface area contributed by atoms with Crippen molar-refractivity contribution in [3.05, 3.63) is 0 Å². The van der Waals surface area contributed by atoms with Crippen LogP contribution in [0.2, 0.25) is 0 Å². The van der Waals surface area contributed by atoms with Gasteiger partial charge in [-0.05, 0) is 50.4 Å². The molecule has 2 aliphatic carbocycles. The number of rotatable bonds is 6. The zero-order valence-electron chi connectivity index (χ0n) is 11.0. The summed E-state index contributed by atoms with van der Waals surface area (Å²) in [7, 11) is 0. The lowest BCUT2D eigenvalue weighted by molar-refractivity contribution is -0.137. The molecule has 2 rings (SSSR count). The van der Waals surface area contributed by atoms with Crippen molar-refractivity contribution < 1.29 is 14.7 Å². The van der Waals surface area contributed by atoms with Crippen LogP contribution in [0, 0.1) is 17.8 Å². The third-order valence-corrected chi connectivity index (χ3v) is 4.62. The van der Waals surface area contributed by atoms with Gasteiger partial charge in [-0.3, -0.25) is 9.59 Å². The number of aliphatic carboxylic acids is 1. The molecule has 102 valence electrons. The average molecular weight is 253 g/mol. The van der Waals surface area contributed by atoms with Gasteiger partial charge in [-0.2, -0.15) is 0 Å². The number of hydrogen-bond acceptors (Lipinski definition) is 2. The van der Waals surface area contributed by atoms with E-state index in [0.29, 0.717) is 18.8 Å². The fraction of sp³-hybridized carbons (Fsp3) is 0.857. The van der Waals surface area contributed by atoms with Crippen LogP contribution < -0.4 is 5.32 Å². The summed E-state index contributed by atoms with van der Waals surface area (Å²) in [5, 5.41) is 11.6. The predicted octanol–water partition coefficient (Wildman–Crippen LogP) is 2.18. The van der Waals surface area contributed by atoms with Crippen molar-refractivity contribution in [3.63, 3.8) is 0 Å². The molecule has 4 heteroatoms. The first-order valence-corrected chi connectivity index (χ1v) is 7.07. The first-order chi connectivity index (χ1) is 8.56. The van der Waals surface area contributed by atoms with Gasteiger partial charge >= 0.3 is 5.97 Å². The fourth-order valence-corrected chi connectivity index (χ4v) is 3.74. The maximum absolute atomic E-state index is 11.7. The van der Waals surface area contributed by atoms with E-state index in [1.807, 2.05) is 0 Å². The van der Waals surface area contributed by atoms with Gasteiger partial charge in [0.1, 0.15) is 0 Å². The Bertz CT molecular complexity index is 329. The molecule has 0 saturated heterocycles. The summed E-state index contributed by atoms with van der Waals surface area (Å²) in [6, 6.07) is 0.248. The molecule has 2 N–H and O–H groups in total. The van der Waals surface area contributed by atoms with Crippen molar-refractivity contribution in [1.29, 1.82) is 0 Å². The van der Waals surface area contributed by atoms with Gasteiger partial charge in [0.2, 0.25) is 5.91 Å². The predicted molar refractivity (Wildman–Crippen MR) is 68.0 cm³/mol. The van der Waals surface area contributed by atoms with E-state index in [4.69, 9.17) is 5.11 Å². The number of carbonyl (C=O) groups is 2. The van der Waals surface area contributed by atoms with Gasteiger partial charge in [-0.25, -0.2) is 0 Å². The first-order valence-electron chi connectivity index (χ1n) is 7.07. The molecule has 18 heavy (non-hydrogen) atoms. The summed E-state index contributed by atoms with van der Waals surface area (Å²) in [5.74, 6) is 1.53. The van der Waals surface area contributed by atoms with Crippen LogP contribution in [-0.4, -0.2) is 23.0 Å². The molecule has 2 fully saturated rings. The minimum absolute atomic E-state index is 0.00604. The van der Waals surface area contributed by atoms with Crippen LogP contribution in [0.1, 0.15) is 51.9 Å². The molecular weight excluding hydrogens is 230 g/mol. The number of carbonyl (C=O) groups excluding carboxylic acids is 1. The number of nitrogens with one attached hydrogen (secondary N) is 1. The number of carboxylic acid groups (broad SMARTS) is 1. The van der Waals surface area contributed by atoms with Gasteiger partial charge in [0.25, 0.3) is 0 Å². The van der Waals surface area contributed by atoms with Gasteiger partial charge in [-0.1, -0.05) is 6.42 Å². The van der Waals surface area contributed by atoms with Crippen LogP contribution >= 0.6 is 0 Å². The fourth-order valence-electron chi connectivity index (χ4n) is 3.74. The Morgan fingerprint density at radius 3 is 2.61 bits per heavy atom. The third-order valence-electron chi connectivity index (χ3n) is 4.62. The summed E-state index contributed by atoms with van der Waals surface area (Å²) in [4.78, 5) is 22.1. The normalized spacial score (nSPS) is 31.3. The molecule has 2 bridgehead atoms. The van der Waals surface area contributed by atoms with Crippen molar-refractivity contribution in [2.75, 3.05) is 0 Å². The second-order valence-corrected chi connectivity index (χ2v) is 5.94. The van der Waals surface area contributed by atoms with E-state index in [1.54, 1.807) is 0 Å². The Morgan fingerprint density at radius 2 is 2.06 bits per heavy atom. The summed E-state index contributed by atoms with van der Waals surface area (Å²) < 4.78 is 0. The number of fused-ring (bicyclic) bond motifs is 2. The van der Waals surface area contributed by atoms with E-state index in [-0.39, 0.29) is 18.4 Å². The second kappa shape index (κ2) is 5.72. The first kappa shape index (κ1) is 13.4. The van der Waals surface area contributed by atoms with Gasteiger partial charge < -0.3 is 10.4 Å². The van der Waals surface area contributed by atoms with E-state index in [9.17, 15) is 9.59 Å². The van der Waals surface area contributed by atoms with Crippen LogP contribution in [0.25, 0.3) is 0 Å². The molecule has 0 aromatic rings. The molecule has 2 saturated carbocycles. The topological polar surface area (TPSA) is 66.4 Å². The zero-order chi connectivity index (χ0) is 13.1. The molecule has 0 aromatic heterocycles. The molecular formula is C14H23NO3. The summed E-state index contributed by atoms with van der Waals surface area (Å²) >= 11 is 0. The molecule has 0 aliphatic heterocycles. The lowest BCUT2D eigenvalue weighted by atomic mass is 9.84. The highest BCUT2D eigenvalue weighted by Crippen LogP contribution is 2.49. The summed E-state index contributed by atoms with van der Waals surface area (Å²) in [6.45, 7) is 2.10. The van der Waals surface area contributed by atoms with E-state index >= 15 is 0 Å². The highest BCUT2D eigenvalue weighted by Gasteiger charge is 2.41. The maximum atomic E-state index is 11.7. The molecule has 4 atom stereocenters. The Hall–Kier alpha value is -1.06. The van der Waals surface area contributed by atoms with Crippen molar-refractivity contribution in [2.24, 2.45) is 17.8 Å². The molecule has 4 nitrogen and oxygen atoms in total. The molecule has 1 amide bonds. The molecule has 0 unspecified atom stereocenters. The van der Waals surface area contributed by atoms with Crippen molar-refractivity contribution in [2.45, 2.75) is 57.9 Å². The monoisotopic (exact) mass is 253 g/mol. The number of hydrogen-bond donors (Lipinski definition) is 2. The lowest BCUT2D eigenvalue weighted by Gasteiger charge is -2.28. The highest BCUT2D eigenvalue weighted by molar-refractivity contribution is 5.77. The summed E-state index contributed by atoms with van der Waals surface area (Å²) in [5.41, 5.74) is 0. The zero-order valence-corrected chi connectivity index (χ0v) is 11.0. The molecule has 0 spiro atoms. The van der Waals surface area contributed by atoms with E-state index in [0.717, 1.165) is 11.8 Å². The lowest BCUT2D eigenvalue weighted by Crippen LogP contribution is -2.40. The van der Waals surface area contributed by atoms with Crippen LogP contribution in [0.5, 0.6) is 0 Å². The largest absolute Gasteiger partial charge is 0.481 e. The number of amides is 1. The number of carboxylic acids is 1. The quantitative estimate of drug-likeness (QED) is 0.762. The van der Waals surface area contributed by atoms with E-state index in [2.05, 4.69) is 12.2 Å². The molecule has 0 heterocycles. The Kier molecular flexibility index (Phi) is 4.25. The Labute approximate surface area is 108 Å². The molecule has 0 aromatic carbocycles. The van der Waals surface area contributed by atoms with Crippen molar-refractivity contribution in [3.8, 4) is 0 Å². The Balaban J connectivity index is 1.69. The highest BCUT2D eigenvalue weighted by atomic mass is 16.4. The minimum atomic E-state index is -0.830. The standard InChI is InChI=1S/C14H23NO3/c1-9(12-8-10-5-6-11(12)7-10)15-13(16)3-2-4-14(17)18/h9-12H,2-8H2,1H3,(H,15,16)(H,17,18)/t9-,10+,11+,12-/m1/s1. The second-order valence-electron chi connectivity index (χ2n) is 5.94. The smallest absolute Gasteiger partial charge is 0.303 e. The van der Waals surface area contributed by atoms with Gasteiger partial charge in [0, 0.05) is 18.9 Å². The third kappa shape index (κ3) is 3.24. The maximum Gasteiger partial charge on any atom is 0.303 e. The average Bonchev–Trinajstić information content (AvgIpc) is 2.89. The summed E-state index contributed by atoms with van der Waals surface area (Å²) in [6.07, 6.45) is 6.16. The van der Waals surface area contributed by atoms with Crippen LogP contribution in [-0.2, 0) is 9.59 Å². The van der Waals surface area contributed by atoms with Gasteiger partial charge in [0.05, 0.1) is 0 Å². The van der Waals surface area contributed by atoms with Crippen molar-refractivity contribution in [1.82, 2.24) is 5.32 Å². The molecule has 0 radical (unpaired) electrons. The van der Waals surface area contributed by atoms with Gasteiger partial charge in [0.15, 0.2) is 0 Å². The van der Waals surface area contributed by atoms with Crippen LogP contribution in [0.4, 0.5) is 0 Å². The van der Waals surface area contributed by atoms with Crippen LogP contribution in [0.3, 0.4) is 0 Å². The molecule has 2 aliphatic rings. The minimum Gasteiger partial charge on any atom is -0.481 e. The SMILES string of the molecule is C[C@@H](NC(=O)CCCC(=O)O)[C@H]1C[C@H]2CC[C@H]1C2. The van der Waals surface area contributed by atoms with Gasteiger partial charge in [-0.15, -0.1) is 0 Å².